The summed E-state index contributed by atoms with van der Waals surface area (Å²) in [6.45, 7) is 6.65. The van der Waals surface area contributed by atoms with E-state index in [0.717, 1.165) is 30.0 Å². The average molecular weight is 365 g/mol. The van der Waals surface area contributed by atoms with E-state index in [2.05, 4.69) is 27.3 Å². The van der Waals surface area contributed by atoms with E-state index in [4.69, 9.17) is 4.74 Å². The summed E-state index contributed by atoms with van der Waals surface area (Å²) in [4.78, 5) is 20.9. The fourth-order valence-electron chi connectivity index (χ4n) is 2.57. The van der Waals surface area contributed by atoms with E-state index < -0.39 is 0 Å². The van der Waals surface area contributed by atoms with Crippen LogP contribution in [0.25, 0.3) is 5.95 Å². The minimum atomic E-state index is -0.224. The van der Waals surface area contributed by atoms with Crippen molar-refractivity contribution >= 4 is 11.6 Å². The molecule has 3 aromatic rings. The molecule has 0 fully saturated rings. The van der Waals surface area contributed by atoms with E-state index >= 15 is 0 Å². The Bertz CT molecular complexity index is 901. The third-order valence-corrected chi connectivity index (χ3v) is 3.98. The summed E-state index contributed by atoms with van der Waals surface area (Å²) in [7, 11) is 0. The lowest BCUT2D eigenvalue weighted by atomic mass is 10.2. The van der Waals surface area contributed by atoms with Gasteiger partial charge in [-0.2, -0.15) is 5.10 Å². The molecule has 3 rings (SSSR count). The number of aromatic nitrogens is 4. The van der Waals surface area contributed by atoms with Crippen LogP contribution < -0.4 is 10.1 Å². The number of amides is 1. The Morgan fingerprint density at radius 1 is 1.15 bits per heavy atom. The number of anilines is 1. The summed E-state index contributed by atoms with van der Waals surface area (Å²) < 4.78 is 7.27. The molecular formula is C20H23N5O2. The van der Waals surface area contributed by atoms with Crippen molar-refractivity contribution in [2.45, 2.75) is 33.6 Å². The normalized spacial score (nSPS) is 10.6. The summed E-state index contributed by atoms with van der Waals surface area (Å²) in [6.07, 6.45) is 5.23. The maximum absolute atomic E-state index is 12.4. The van der Waals surface area contributed by atoms with Gasteiger partial charge >= 0.3 is 0 Å². The molecular weight excluding hydrogens is 342 g/mol. The minimum absolute atomic E-state index is 0.224. The first kappa shape index (κ1) is 18.6. The van der Waals surface area contributed by atoms with Gasteiger partial charge in [-0.25, -0.2) is 14.6 Å². The highest BCUT2D eigenvalue weighted by atomic mass is 16.5. The standard InChI is InChI=1S/C20H23N5O2/c1-4-5-10-27-18-8-6-16(7-9-18)19(26)23-17-12-21-20(22-13-17)25-15(3)11-14(2)24-25/h6-9,11-13H,4-5,10H2,1-3H3,(H,23,26). The lowest BCUT2D eigenvalue weighted by molar-refractivity contribution is 0.102. The van der Waals surface area contributed by atoms with Gasteiger partial charge < -0.3 is 10.1 Å². The number of nitrogens with one attached hydrogen (secondary N) is 1. The zero-order valence-corrected chi connectivity index (χ0v) is 15.8. The monoisotopic (exact) mass is 365 g/mol. The lowest BCUT2D eigenvalue weighted by Crippen LogP contribution is -2.13. The van der Waals surface area contributed by atoms with Crippen molar-refractivity contribution in [2.24, 2.45) is 0 Å². The van der Waals surface area contributed by atoms with Crippen molar-refractivity contribution in [1.82, 2.24) is 19.7 Å². The van der Waals surface area contributed by atoms with Crippen molar-refractivity contribution in [2.75, 3.05) is 11.9 Å². The van der Waals surface area contributed by atoms with Crippen LogP contribution in [0.3, 0.4) is 0 Å². The third-order valence-electron chi connectivity index (χ3n) is 3.98. The van der Waals surface area contributed by atoms with Crippen molar-refractivity contribution < 1.29 is 9.53 Å². The molecule has 0 bridgehead atoms. The molecule has 1 aromatic carbocycles. The molecule has 2 aromatic heterocycles. The van der Waals surface area contributed by atoms with Gasteiger partial charge in [-0.15, -0.1) is 0 Å². The molecule has 0 saturated heterocycles. The molecule has 27 heavy (non-hydrogen) atoms. The number of ether oxygens (including phenoxy) is 1. The van der Waals surface area contributed by atoms with Crippen LogP contribution in [0.5, 0.6) is 5.75 Å². The number of carbonyl (C=O) groups is 1. The first-order chi connectivity index (χ1) is 13.1. The van der Waals surface area contributed by atoms with Gasteiger partial charge in [0, 0.05) is 11.3 Å². The van der Waals surface area contributed by atoms with Crippen LogP contribution in [-0.4, -0.2) is 32.3 Å². The Labute approximate surface area is 158 Å². The molecule has 0 radical (unpaired) electrons. The number of benzene rings is 1. The van der Waals surface area contributed by atoms with Gasteiger partial charge in [0.05, 0.1) is 30.4 Å². The number of hydrogen-bond donors (Lipinski definition) is 1. The van der Waals surface area contributed by atoms with Crippen molar-refractivity contribution in [3.05, 3.63) is 59.7 Å². The van der Waals surface area contributed by atoms with E-state index in [1.54, 1.807) is 41.3 Å². The summed E-state index contributed by atoms with van der Waals surface area (Å²) in [5.41, 5.74) is 2.91. The van der Waals surface area contributed by atoms with Crippen molar-refractivity contribution in [3.63, 3.8) is 0 Å². The highest BCUT2D eigenvalue weighted by Crippen LogP contribution is 2.15. The van der Waals surface area contributed by atoms with Crippen LogP contribution in [0.4, 0.5) is 5.69 Å². The predicted octanol–water partition coefficient (Wildman–Crippen LogP) is 3.71. The SMILES string of the molecule is CCCCOc1ccc(C(=O)Nc2cnc(-n3nc(C)cc3C)nc2)cc1. The Morgan fingerprint density at radius 2 is 1.85 bits per heavy atom. The van der Waals surface area contributed by atoms with Crippen LogP contribution >= 0.6 is 0 Å². The van der Waals surface area contributed by atoms with E-state index in [9.17, 15) is 4.79 Å². The number of carbonyl (C=O) groups excluding carboxylic acids is 1. The molecule has 0 saturated carbocycles. The van der Waals surface area contributed by atoms with Crippen LogP contribution in [0, 0.1) is 13.8 Å². The highest BCUT2D eigenvalue weighted by molar-refractivity contribution is 6.04. The summed E-state index contributed by atoms with van der Waals surface area (Å²) >= 11 is 0. The quantitative estimate of drug-likeness (QED) is 0.646. The largest absolute Gasteiger partial charge is 0.494 e. The Kier molecular flexibility index (Phi) is 5.80. The fraction of sp³-hybridized carbons (Fsp3) is 0.300. The van der Waals surface area contributed by atoms with Crippen molar-refractivity contribution in [1.29, 1.82) is 0 Å². The zero-order valence-electron chi connectivity index (χ0n) is 15.8. The number of hydrogen-bond acceptors (Lipinski definition) is 5. The number of nitrogens with zero attached hydrogens (tertiary/aromatic N) is 4. The first-order valence-electron chi connectivity index (χ1n) is 8.96. The van der Waals surface area contributed by atoms with Gasteiger partial charge in [-0.05, 0) is 50.6 Å². The minimum Gasteiger partial charge on any atom is -0.494 e. The second-order valence-electron chi connectivity index (χ2n) is 6.29. The molecule has 0 aliphatic rings. The number of unbranched alkanes of at least 4 members (excludes halogenated alkanes) is 1. The van der Waals surface area contributed by atoms with Crippen LogP contribution in [-0.2, 0) is 0 Å². The average Bonchev–Trinajstić information content (AvgIpc) is 3.01. The van der Waals surface area contributed by atoms with E-state index in [1.165, 1.54) is 0 Å². The molecule has 2 heterocycles. The zero-order chi connectivity index (χ0) is 19.2. The third kappa shape index (κ3) is 4.69. The second-order valence-corrected chi connectivity index (χ2v) is 6.29. The summed E-state index contributed by atoms with van der Waals surface area (Å²) in [6, 6.07) is 9.03. The van der Waals surface area contributed by atoms with Crippen LogP contribution in [0.1, 0.15) is 41.5 Å². The first-order valence-corrected chi connectivity index (χ1v) is 8.96. The predicted molar refractivity (Wildman–Crippen MR) is 103 cm³/mol. The molecule has 0 unspecified atom stereocenters. The van der Waals surface area contributed by atoms with Gasteiger partial charge in [0.1, 0.15) is 5.75 Å². The second kappa shape index (κ2) is 8.44. The number of rotatable bonds is 7. The Hall–Kier alpha value is -3.22. The van der Waals surface area contributed by atoms with E-state index in [1.807, 2.05) is 19.9 Å². The van der Waals surface area contributed by atoms with E-state index in [0.29, 0.717) is 23.8 Å². The van der Waals surface area contributed by atoms with Crippen LogP contribution in [0.2, 0.25) is 0 Å². The molecule has 140 valence electrons. The van der Waals surface area contributed by atoms with E-state index in [-0.39, 0.29) is 5.91 Å². The smallest absolute Gasteiger partial charge is 0.255 e. The molecule has 0 atom stereocenters. The molecule has 1 amide bonds. The van der Waals surface area contributed by atoms with Crippen LogP contribution in [0.15, 0.2) is 42.7 Å². The molecule has 1 N–H and O–H groups in total. The molecule has 0 spiro atoms. The lowest BCUT2D eigenvalue weighted by Gasteiger charge is -2.08. The molecule has 0 aliphatic heterocycles. The molecule has 7 nitrogen and oxygen atoms in total. The van der Waals surface area contributed by atoms with Gasteiger partial charge in [0.25, 0.3) is 11.9 Å². The topological polar surface area (TPSA) is 81.9 Å². The van der Waals surface area contributed by atoms with Gasteiger partial charge in [-0.3, -0.25) is 4.79 Å². The maximum Gasteiger partial charge on any atom is 0.255 e. The highest BCUT2D eigenvalue weighted by Gasteiger charge is 2.09. The number of aryl methyl sites for hydroxylation is 2. The Balaban J connectivity index is 1.63. The van der Waals surface area contributed by atoms with Gasteiger partial charge in [0.15, 0.2) is 0 Å². The maximum atomic E-state index is 12.4. The fourth-order valence-corrected chi connectivity index (χ4v) is 2.57. The summed E-state index contributed by atoms with van der Waals surface area (Å²) in [5, 5.41) is 7.14. The summed E-state index contributed by atoms with van der Waals surface area (Å²) in [5.74, 6) is 1.00. The van der Waals surface area contributed by atoms with Gasteiger partial charge in [0.2, 0.25) is 0 Å². The molecule has 0 aliphatic carbocycles. The molecule has 7 heteroatoms. The van der Waals surface area contributed by atoms with Crippen molar-refractivity contribution in [3.8, 4) is 11.7 Å². The van der Waals surface area contributed by atoms with Gasteiger partial charge in [-0.1, -0.05) is 13.3 Å². The Morgan fingerprint density at radius 3 is 2.44 bits per heavy atom.